The third kappa shape index (κ3) is 6.45. The number of carbonyl (C=O) groups excluding carboxylic acids is 2. The molecule has 0 bridgehead atoms. The number of nitrogens with zero attached hydrogens (tertiary/aromatic N) is 5. The molecule has 5 aromatic rings. The number of ether oxygens (including phenoxy) is 1. The van der Waals surface area contributed by atoms with Gasteiger partial charge >= 0.3 is 0 Å². The Labute approximate surface area is 289 Å². The fourth-order valence-corrected chi connectivity index (χ4v) is 7.14. The quantitative estimate of drug-likeness (QED) is 0.191. The number of hydrogen-bond donors (Lipinski definition) is 1. The molecule has 50 heavy (non-hydrogen) atoms. The van der Waals surface area contributed by atoms with E-state index in [9.17, 15) is 18.4 Å². The van der Waals surface area contributed by atoms with Crippen LogP contribution in [0.15, 0.2) is 72.9 Å². The number of nitrogens with two attached hydrogens (primary N) is 1. The Morgan fingerprint density at radius 3 is 2.46 bits per heavy atom. The molecule has 0 spiro atoms. The molecule has 0 radical (unpaired) electrons. The van der Waals surface area contributed by atoms with Crippen molar-refractivity contribution in [1.82, 2.24) is 19.7 Å². The van der Waals surface area contributed by atoms with Crippen molar-refractivity contribution in [2.45, 2.75) is 58.2 Å². The molecule has 2 amide bonds. The van der Waals surface area contributed by atoms with E-state index in [0.29, 0.717) is 63.3 Å². The molecule has 9 nitrogen and oxygen atoms in total. The summed E-state index contributed by atoms with van der Waals surface area (Å²) in [5.41, 5.74) is 10.9. The van der Waals surface area contributed by atoms with Gasteiger partial charge in [-0.2, -0.15) is 5.10 Å². The zero-order valence-corrected chi connectivity index (χ0v) is 28.4. The second-order valence-corrected chi connectivity index (χ2v) is 13.8. The lowest BCUT2D eigenvalue weighted by Gasteiger charge is -2.35. The van der Waals surface area contributed by atoms with Gasteiger partial charge in [-0.1, -0.05) is 56.3 Å². The number of amides is 2. The van der Waals surface area contributed by atoms with Crippen molar-refractivity contribution in [2.75, 3.05) is 25.0 Å². The summed E-state index contributed by atoms with van der Waals surface area (Å²) in [4.78, 5) is 36.2. The standard InChI is InChI=1S/C39H40F2N6O3/c1-23(2)17-31-36(37(42)48)35(28-21-43-47(38(28)44-31)27-13-15-45(3)16-14-27)26-10-12-32-33(20-26)50-34(19-24-7-5-4-6-8-24)39(49)46(32)22-25-9-11-29(40)30(41)18-25/h4-12,18,20-21,23,27,34H,13-17,19,22H2,1-3H3,(H2,42,48). The van der Waals surface area contributed by atoms with Crippen LogP contribution < -0.4 is 15.4 Å². The second-order valence-electron chi connectivity index (χ2n) is 13.8. The first-order chi connectivity index (χ1) is 24.1. The maximum atomic E-state index is 14.3. The van der Waals surface area contributed by atoms with Crippen molar-refractivity contribution in [2.24, 2.45) is 11.7 Å². The topological polar surface area (TPSA) is 107 Å². The first-order valence-electron chi connectivity index (χ1n) is 17.1. The Morgan fingerprint density at radius 2 is 1.76 bits per heavy atom. The fraction of sp³-hybridized carbons (Fsp3) is 0.333. The van der Waals surface area contributed by atoms with Gasteiger partial charge < -0.3 is 20.3 Å². The second kappa shape index (κ2) is 13.6. The number of halogens is 2. The van der Waals surface area contributed by atoms with Crippen LogP contribution in [-0.2, 0) is 24.2 Å². The number of fused-ring (bicyclic) bond motifs is 2. The third-order valence-corrected chi connectivity index (χ3v) is 9.64. The largest absolute Gasteiger partial charge is 0.478 e. The van der Waals surface area contributed by atoms with Crippen LogP contribution in [0.2, 0.25) is 0 Å². The normalized spacial score (nSPS) is 17.0. The molecule has 1 atom stereocenters. The SMILES string of the molecule is CC(C)Cc1nc2c(cnn2C2CCN(C)CC2)c(-c2ccc3c(c2)OC(Cc2ccccc2)C(=O)N3Cc2ccc(F)c(F)c2)c1C(N)=O. The highest BCUT2D eigenvalue weighted by Crippen LogP contribution is 2.42. The van der Waals surface area contributed by atoms with Crippen molar-refractivity contribution in [3.63, 3.8) is 0 Å². The number of primary amides is 1. The molecular weight excluding hydrogens is 638 g/mol. The summed E-state index contributed by atoms with van der Waals surface area (Å²) in [6.07, 6.45) is 3.57. The van der Waals surface area contributed by atoms with E-state index in [0.717, 1.165) is 43.6 Å². The number of likely N-dealkylation sites (tertiary alicyclic amines) is 1. The maximum absolute atomic E-state index is 14.3. The number of aromatic nitrogens is 3. The molecule has 2 N–H and O–H groups in total. The molecular formula is C39H40F2N6O3. The smallest absolute Gasteiger partial charge is 0.268 e. The molecule has 2 aliphatic heterocycles. The molecule has 258 valence electrons. The van der Waals surface area contributed by atoms with E-state index in [1.807, 2.05) is 47.1 Å². The van der Waals surface area contributed by atoms with Crippen LogP contribution in [-0.4, -0.2) is 57.7 Å². The van der Waals surface area contributed by atoms with Crippen molar-refractivity contribution >= 4 is 28.5 Å². The predicted octanol–water partition coefficient (Wildman–Crippen LogP) is 6.48. The van der Waals surface area contributed by atoms with Crippen molar-refractivity contribution in [3.05, 3.63) is 107 Å². The van der Waals surface area contributed by atoms with Gasteiger partial charge in [-0.25, -0.2) is 18.4 Å². The molecule has 0 aliphatic carbocycles. The van der Waals surface area contributed by atoms with E-state index in [1.54, 1.807) is 17.2 Å². The van der Waals surface area contributed by atoms with Gasteiger partial charge in [-0.15, -0.1) is 0 Å². The van der Waals surface area contributed by atoms with Gasteiger partial charge in [0.2, 0.25) is 0 Å². The molecule has 1 fully saturated rings. The highest BCUT2D eigenvalue weighted by molar-refractivity contribution is 6.09. The number of pyridine rings is 1. The molecule has 1 saturated heterocycles. The number of benzene rings is 3. The van der Waals surface area contributed by atoms with Crippen LogP contribution in [0.4, 0.5) is 14.5 Å². The Morgan fingerprint density at radius 1 is 1.00 bits per heavy atom. The molecule has 11 heteroatoms. The monoisotopic (exact) mass is 678 g/mol. The summed E-state index contributed by atoms with van der Waals surface area (Å²) < 4.78 is 36.5. The zero-order valence-electron chi connectivity index (χ0n) is 28.4. The fourth-order valence-electron chi connectivity index (χ4n) is 7.14. The van der Waals surface area contributed by atoms with E-state index >= 15 is 0 Å². The number of anilines is 1. The Kier molecular flexibility index (Phi) is 9.09. The summed E-state index contributed by atoms with van der Waals surface area (Å²) >= 11 is 0. The minimum atomic E-state index is -0.988. The van der Waals surface area contributed by atoms with Gasteiger partial charge in [-0.3, -0.25) is 9.59 Å². The first kappa shape index (κ1) is 33.3. The predicted molar refractivity (Wildman–Crippen MR) is 188 cm³/mol. The number of piperidine rings is 1. The number of carbonyl (C=O) groups is 2. The Balaban J connectivity index is 1.37. The molecule has 2 aliphatic rings. The molecule has 2 aromatic heterocycles. The summed E-state index contributed by atoms with van der Waals surface area (Å²) in [6, 6.07) is 18.8. The minimum Gasteiger partial charge on any atom is -0.478 e. The first-order valence-corrected chi connectivity index (χ1v) is 17.1. The lowest BCUT2D eigenvalue weighted by molar-refractivity contribution is -0.126. The maximum Gasteiger partial charge on any atom is 0.268 e. The van der Waals surface area contributed by atoms with Gasteiger partial charge in [0.25, 0.3) is 11.8 Å². The van der Waals surface area contributed by atoms with Gasteiger partial charge in [0.05, 0.1) is 35.7 Å². The van der Waals surface area contributed by atoms with Crippen molar-refractivity contribution < 1.29 is 23.1 Å². The van der Waals surface area contributed by atoms with Crippen LogP contribution in [0.5, 0.6) is 5.75 Å². The summed E-state index contributed by atoms with van der Waals surface area (Å²) in [7, 11) is 2.11. The molecule has 7 rings (SSSR count). The van der Waals surface area contributed by atoms with E-state index in [-0.39, 0.29) is 24.4 Å². The van der Waals surface area contributed by atoms with Gasteiger partial charge in [0.1, 0.15) is 5.75 Å². The number of rotatable bonds is 9. The van der Waals surface area contributed by atoms with Gasteiger partial charge in [-0.05, 0) is 86.3 Å². The van der Waals surface area contributed by atoms with Crippen LogP contribution in [0, 0.1) is 17.6 Å². The average molecular weight is 679 g/mol. The molecule has 3 aromatic carbocycles. The molecule has 1 unspecified atom stereocenters. The van der Waals surface area contributed by atoms with E-state index < -0.39 is 23.6 Å². The Hall–Kier alpha value is -5.16. The van der Waals surface area contributed by atoms with Crippen molar-refractivity contribution in [3.8, 4) is 16.9 Å². The summed E-state index contributed by atoms with van der Waals surface area (Å²) in [5.74, 6) is -2.22. The van der Waals surface area contributed by atoms with Gasteiger partial charge in [0, 0.05) is 17.4 Å². The lowest BCUT2D eigenvalue weighted by Crippen LogP contribution is -2.46. The number of hydrogen-bond acceptors (Lipinski definition) is 6. The molecule has 0 saturated carbocycles. The highest BCUT2D eigenvalue weighted by Gasteiger charge is 2.36. The highest BCUT2D eigenvalue weighted by atomic mass is 19.2. The van der Waals surface area contributed by atoms with Gasteiger partial charge in [0.15, 0.2) is 23.4 Å². The minimum absolute atomic E-state index is 0.00491. The lowest BCUT2D eigenvalue weighted by atomic mass is 9.92. The Bertz CT molecular complexity index is 2070. The van der Waals surface area contributed by atoms with Crippen molar-refractivity contribution in [1.29, 1.82) is 0 Å². The average Bonchev–Trinajstić information content (AvgIpc) is 3.51. The van der Waals surface area contributed by atoms with E-state index in [4.69, 9.17) is 20.6 Å². The van der Waals surface area contributed by atoms with Crippen LogP contribution in [0.25, 0.3) is 22.2 Å². The summed E-state index contributed by atoms with van der Waals surface area (Å²) in [5, 5.41) is 5.53. The van der Waals surface area contributed by atoms with E-state index in [1.165, 1.54) is 6.07 Å². The van der Waals surface area contributed by atoms with Crippen LogP contribution in [0.3, 0.4) is 0 Å². The van der Waals surface area contributed by atoms with Crippen LogP contribution >= 0.6 is 0 Å². The van der Waals surface area contributed by atoms with E-state index in [2.05, 4.69) is 25.8 Å². The van der Waals surface area contributed by atoms with Crippen LogP contribution in [0.1, 0.15) is 59.9 Å². The molecule has 4 heterocycles. The summed E-state index contributed by atoms with van der Waals surface area (Å²) in [6.45, 7) is 6.04. The third-order valence-electron chi connectivity index (χ3n) is 9.64. The zero-order chi connectivity index (χ0) is 35.1.